The first-order chi connectivity index (χ1) is 11.9. The summed E-state index contributed by atoms with van der Waals surface area (Å²) in [6, 6.07) is 33.2. The zero-order valence-electron chi connectivity index (χ0n) is 13.7. The third-order valence-electron chi connectivity index (χ3n) is 4.78. The molecule has 0 aromatic heterocycles. The van der Waals surface area contributed by atoms with E-state index in [0.717, 1.165) is 19.2 Å². The summed E-state index contributed by atoms with van der Waals surface area (Å²) in [6.45, 7) is 0.929. The molecule has 1 nitrogen and oxygen atoms in total. The van der Waals surface area contributed by atoms with Gasteiger partial charge in [-0.25, -0.2) is 0 Å². The normalized spacial score (nSPS) is 16.8. The van der Waals surface area contributed by atoms with Crippen molar-refractivity contribution in [2.45, 2.75) is 12.5 Å². The Labute approximate surface area is 144 Å². The third kappa shape index (κ3) is 3.02. The Morgan fingerprint density at radius 1 is 0.667 bits per heavy atom. The molecule has 1 heterocycles. The Morgan fingerprint density at radius 2 is 1.04 bits per heavy atom. The number of hydrogen-bond acceptors (Lipinski definition) is 1. The van der Waals surface area contributed by atoms with Crippen molar-refractivity contribution >= 4 is 23.2 Å². The molecule has 1 atom stereocenters. The molecule has 0 aliphatic carbocycles. The summed E-state index contributed by atoms with van der Waals surface area (Å²) in [5, 5.41) is 4.38. The smallest absolute Gasteiger partial charge is 0.112 e. The van der Waals surface area contributed by atoms with Crippen LogP contribution in [0.4, 0.5) is 0 Å². The Kier molecular flexibility index (Phi) is 4.47. The van der Waals surface area contributed by atoms with Gasteiger partial charge < -0.3 is 4.74 Å². The van der Waals surface area contributed by atoms with Crippen molar-refractivity contribution < 1.29 is 4.74 Å². The monoisotopic (exact) mass is 333 g/mol. The van der Waals surface area contributed by atoms with E-state index in [9.17, 15) is 0 Å². The first-order valence-corrected chi connectivity index (χ1v) is 10.5. The molecular formula is C22H22OP+. The van der Waals surface area contributed by atoms with Crippen LogP contribution in [0.2, 0.25) is 0 Å². The molecule has 3 aromatic carbocycles. The Morgan fingerprint density at radius 3 is 1.38 bits per heavy atom. The van der Waals surface area contributed by atoms with Crippen LogP contribution in [0.1, 0.15) is 6.42 Å². The number of hydrogen-bond donors (Lipinski definition) is 0. The lowest BCUT2D eigenvalue weighted by Crippen LogP contribution is -2.33. The van der Waals surface area contributed by atoms with E-state index >= 15 is 0 Å². The summed E-state index contributed by atoms with van der Waals surface area (Å²) in [5.41, 5.74) is 0. The molecule has 24 heavy (non-hydrogen) atoms. The predicted octanol–water partition coefficient (Wildman–Crippen LogP) is 3.77. The van der Waals surface area contributed by atoms with Crippen LogP contribution in [0, 0.1) is 0 Å². The molecular weight excluding hydrogens is 311 g/mol. The topological polar surface area (TPSA) is 12.5 Å². The molecule has 3 aromatic rings. The van der Waals surface area contributed by atoms with Crippen LogP contribution in [-0.4, -0.2) is 18.9 Å². The SMILES string of the molecule is c1ccc([P+](CCC2CO2)(c2ccccc2)c2ccccc2)cc1. The molecule has 1 fully saturated rings. The maximum atomic E-state index is 5.53. The lowest BCUT2D eigenvalue weighted by atomic mass is 10.3. The van der Waals surface area contributed by atoms with Gasteiger partial charge in [-0.2, -0.15) is 0 Å². The van der Waals surface area contributed by atoms with Crippen molar-refractivity contribution in [3.8, 4) is 0 Å². The number of epoxide rings is 1. The first-order valence-electron chi connectivity index (χ1n) is 8.56. The van der Waals surface area contributed by atoms with Crippen LogP contribution in [0.25, 0.3) is 0 Å². The van der Waals surface area contributed by atoms with Crippen LogP contribution < -0.4 is 15.9 Å². The van der Waals surface area contributed by atoms with Crippen molar-refractivity contribution in [1.29, 1.82) is 0 Å². The molecule has 0 bridgehead atoms. The van der Waals surface area contributed by atoms with Crippen LogP contribution in [0.3, 0.4) is 0 Å². The lowest BCUT2D eigenvalue weighted by molar-refractivity contribution is 0.404. The van der Waals surface area contributed by atoms with Crippen molar-refractivity contribution in [3.63, 3.8) is 0 Å². The Hall–Kier alpha value is -1.95. The fraction of sp³-hybridized carbons (Fsp3) is 0.182. The van der Waals surface area contributed by atoms with E-state index in [2.05, 4.69) is 91.0 Å². The van der Waals surface area contributed by atoms with Crippen molar-refractivity contribution in [3.05, 3.63) is 91.0 Å². The zero-order chi connectivity index (χ0) is 16.2. The van der Waals surface area contributed by atoms with Gasteiger partial charge in [-0.1, -0.05) is 54.6 Å². The van der Waals surface area contributed by atoms with Crippen molar-refractivity contribution in [1.82, 2.24) is 0 Å². The summed E-state index contributed by atoms with van der Waals surface area (Å²) in [6.07, 6.45) is 2.75. The van der Waals surface area contributed by atoms with Crippen LogP contribution in [0.5, 0.6) is 0 Å². The van der Waals surface area contributed by atoms with Gasteiger partial charge >= 0.3 is 0 Å². The van der Waals surface area contributed by atoms with Gasteiger partial charge in [0.2, 0.25) is 0 Å². The molecule has 1 saturated heterocycles. The number of rotatable bonds is 6. The highest BCUT2D eigenvalue weighted by atomic mass is 31.2. The molecule has 0 saturated carbocycles. The van der Waals surface area contributed by atoms with Gasteiger partial charge in [0.05, 0.1) is 18.9 Å². The summed E-state index contributed by atoms with van der Waals surface area (Å²) in [7, 11) is -1.65. The minimum atomic E-state index is -1.65. The molecule has 1 aliphatic rings. The maximum Gasteiger partial charge on any atom is 0.112 e. The standard InChI is InChI=1S/C22H22OP/c1-4-10-20(11-5-1)24(17-16-19-18-23-19,21-12-6-2-7-13-21)22-14-8-3-9-15-22/h1-15,19H,16-18H2/q+1. The molecule has 1 unspecified atom stereocenters. The molecule has 1 aliphatic heterocycles. The fourth-order valence-electron chi connectivity index (χ4n) is 3.45. The second kappa shape index (κ2) is 6.89. The minimum Gasteiger partial charge on any atom is -0.373 e. The van der Waals surface area contributed by atoms with Gasteiger partial charge in [-0.3, -0.25) is 0 Å². The first kappa shape index (κ1) is 15.6. The summed E-state index contributed by atoms with van der Waals surface area (Å²) >= 11 is 0. The Bertz CT molecular complexity index is 670. The summed E-state index contributed by atoms with van der Waals surface area (Å²) in [5.74, 6) is 0. The average molecular weight is 333 g/mol. The van der Waals surface area contributed by atoms with E-state index < -0.39 is 7.26 Å². The van der Waals surface area contributed by atoms with Gasteiger partial charge in [0.25, 0.3) is 0 Å². The summed E-state index contributed by atoms with van der Waals surface area (Å²) < 4.78 is 5.53. The largest absolute Gasteiger partial charge is 0.373 e. The molecule has 0 spiro atoms. The van der Waals surface area contributed by atoms with Crippen LogP contribution in [-0.2, 0) is 4.74 Å². The summed E-state index contributed by atoms with van der Waals surface area (Å²) in [4.78, 5) is 0. The van der Waals surface area contributed by atoms with Crippen LogP contribution in [0.15, 0.2) is 91.0 Å². The second-order valence-corrected chi connectivity index (χ2v) is 9.90. The second-order valence-electron chi connectivity index (χ2n) is 6.28. The van der Waals surface area contributed by atoms with Gasteiger partial charge in [-0.05, 0) is 36.4 Å². The number of ether oxygens (including phenoxy) is 1. The average Bonchev–Trinajstić information content (AvgIpc) is 3.50. The van der Waals surface area contributed by atoms with Crippen molar-refractivity contribution in [2.24, 2.45) is 0 Å². The third-order valence-corrected chi connectivity index (χ3v) is 9.25. The minimum absolute atomic E-state index is 0.459. The fourth-order valence-corrected chi connectivity index (χ4v) is 7.84. The van der Waals surface area contributed by atoms with Gasteiger partial charge in [-0.15, -0.1) is 0 Å². The Balaban J connectivity index is 1.91. The van der Waals surface area contributed by atoms with E-state index in [4.69, 9.17) is 4.74 Å². The molecule has 4 rings (SSSR count). The molecule has 120 valence electrons. The van der Waals surface area contributed by atoms with E-state index in [1.807, 2.05) is 0 Å². The van der Waals surface area contributed by atoms with Gasteiger partial charge in [0.1, 0.15) is 23.2 Å². The molecule has 0 radical (unpaired) electrons. The molecule has 0 amide bonds. The highest BCUT2D eigenvalue weighted by Crippen LogP contribution is 2.56. The highest BCUT2D eigenvalue weighted by Gasteiger charge is 2.46. The lowest BCUT2D eigenvalue weighted by Gasteiger charge is -2.27. The van der Waals surface area contributed by atoms with Crippen molar-refractivity contribution in [2.75, 3.05) is 12.8 Å². The van der Waals surface area contributed by atoms with E-state index in [1.165, 1.54) is 15.9 Å². The van der Waals surface area contributed by atoms with Gasteiger partial charge in [0, 0.05) is 6.42 Å². The van der Waals surface area contributed by atoms with Crippen LogP contribution >= 0.6 is 7.26 Å². The van der Waals surface area contributed by atoms with E-state index in [-0.39, 0.29) is 0 Å². The highest BCUT2D eigenvalue weighted by molar-refractivity contribution is 7.95. The maximum absolute atomic E-state index is 5.53. The molecule has 2 heteroatoms. The van der Waals surface area contributed by atoms with Gasteiger partial charge in [0.15, 0.2) is 0 Å². The number of benzene rings is 3. The quantitative estimate of drug-likeness (QED) is 0.494. The zero-order valence-corrected chi connectivity index (χ0v) is 14.6. The predicted molar refractivity (Wildman–Crippen MR) is 104 cm³/mol. The van der Waals surface area contributed by atoms with E-state index in [1.54, 1.807) is 0 Å². The molecule has 0 N–H and O–H groups in total. The van der Waals surface area contributed by atoms with E-state index in [0.29, 0.717) is 6.10 Å².